The molecule has 0 bridgehead atoms. The van der Waals surface area contributed by atoms with Crippen molar-refractivity contribution in [2.75, 3.05) is 25.1 Å². The largest absolute Gasteiger partial charge is 0.494 e. The Morgan fingerprint density at radius 3 is 2.75 bits per heavy atom. The first-order chi connectivity index (χ1) is 9.71. The van der Waals surface area contributed by atoms with Crippen molar-refractivity contribution in [3.05, 3.63) is 23.8 Å². The zero-order chi connectivity index (χ0) is 14.8. The summed E-state index contributed by atoms with van der Waals surface area (Å²) in [4.78, 5) is 11.8. The molecule has 5 heteroatoms. The first kappa shape index (κ1) is 16.5. The van der Waals surface area contributed by atoms with Crippen LogP contribution in [0.15, 0.2) is 18.2 Å². The number of benzene rings is 1. The quantitative estimate of drug-likeness (QED) is 0.681. The number of carbonyl (C=O) groups is 1. The van der Waals surface area contributed by atoms with Gasteiger partial charge in [0.25, 0.3) is 0 Å². The van der Waals surface area contributed by atoms with Crippen LogP contribution in [0.4, 0.5) is 5.69 Å². The number of nitrogens with one attached hydrogen (secondary N) is 1. The maximum absolute atomic E-state index is 11.8. The Hall–Kier alpha value is -1.59. The molecule has 0 heterocycles. The van der Waals surface area contributed by atoms with Crippen LogP contribution in [0.1, 0.15) is 32.3 Å². The number of rotatable bonds is 9. The molecular formula is C15H24N2O3. The molecule has 1 amide bonds. The van der Waals surface area contributed by atoms with Crippen LogP contribution in [0.5, 0.6) is 5.75 Å². The standard InChI is InChI=1S/C15H24N2O3/c1-3-19-9-5-6-15(18)17-13-7-8-14(20-4-2)12(10-13)11-16/h7-8,10H,3-6,9,11,16H2,1-2H3,(H,17,18). The van der Waals surface area contributed by atoms with Crippen molar-refractivity contribution >= 4 is 11.6 Å². The smallest absolute Gasteiger partial charge is 0.224 e. The minimum Gasteiger partial charge on any atom is -0.494 e. The van der Waals surface area contributed by atoms with E-state index in [1.807, 2.05) is 32.0 Å². The van der Waals surface area contributed by atoms with Crippen molar-refractivity contribution in [3.8, 4) is 5.75 Å². The van der Waals surface area contributed by atoms with E-state index in [1.54, 1.807) is 0 Å². The van der Waals surface area contributed by atoms with E-state index >= 15 is 0 Å². The van der Waals surface area contributed by atoms with Gasteiger partial charge in [0.1, 0.15) is 5.75 Å². The second-order valence-corrected chi connectivity index (χ2v) is 4.31. The Labute approximate surface area is 120 Å². The number of anilines is 1. The van der Waals surface area contributed by atoms with Gasteiger partial charge in [-0.2, -0.15) is 0 Å². The maximum atomic E-state index is 11.8. The molecule has 0 spiro atoms. The van der Waals surface area contributed by atoms with E-state index in [2.05, 4.69) is 5.32 Å². The predicted octanol–water partition coefficient (Wildman–Crippen LogP) is 2.30. The number of nitrogens with two attached hydrogens (primary N) is 1. The fourth-order valence-electron chi connectivity index (χ4n) is 1.82. The molecule has 1 aromatic carbocycles. The van der Waals surface area contributed by atoms with Gasteiger partial charge < -0.3 is 20.5 Å². The SMILES string of the molecule is CCOCCCC(=O)Nc1ccc(OCC)c(CN)c1. The Bertz CT molecular complexity index is 422. The maximum Gasteiger partial charge on any atom is 0.224 e. The lowest BCUT2D eigenvalue weighted by molar-refractivity contribution is -0.116. The zero-order valence-corrected chi connectivity index (χ0v) is 12.3. The molecule has 0 fully saturated rings. The molecular weight excluding hydrogens is 256 g/mol. The van der Waals surface area contributed by atoms with Crippen LogP contribution in [0.2, 0.25) is 0 Å². The van der Waals surface area contributed by atoms with Gasteiger partial charge in [-0.15, -0.1) is 0 Å². The van der Waals surface area contributed by atoms with Gasteiger partial charge in [-0.25, -0.2) is 0 Å². The van der Waals surface area contributed by atoms with Gasteiger partial charge in [0, 0.05) is 37.4 Å². The number of carbonyl (C=O) groups excluding carboxylic acids is 1. The van der Waals surface area contributed by atoms with Crippen LogP contribution in [0.3, 0.4) is 0 Å². The van der Waals surface area contributed by atoms with Crippen molar-refractivity contribution in [3.63, 3.8) is 0 Å². The Balaban J connectivity index is 2.52. The first-order valence-electron chi connectivity index (χ1n) is 7.04. The van der Waals surface area contributed by atoms with Crippen LogP contribution < -0.4 is 15.8 Å². The van der Waals surface area contributed by atoms with Gasteiger partial charge >= 0.3 is 0 Å². The topological polar surface area (TPSA) is 73.6 Å². The summed E-state index contributed by atoms with van der Waals surface area (Å²) in [6.45, 7) is 6.13. The van der Waals surface area contributed by atoms with Crippen LogP contribution in [0.25, 0.3) is 0 Å². The molecule has 1 rings (SSSR count). The van der Waals surface area contributed by atoms with E-state index in [4.69, 9.17) is 15.2 Å². The van der Waals surface area contributed by atoms with Crippen LogP contribution in [-0.4, -0.2) is 25.7 Å². The molecule has 20 heavy (non-hydrogen) atoms. The summed E-state index contributed by atoms with van der Waals surface area (Å²) in [5.41, 5.74) is 7.32. The Kier molecular flexibility index (Phi) is 7.69. The molecule has 3 N–H and O–H groups in total. The van der Waals surface area contributed by atoms with Crippen molar-refractivity contribution in [2.45, 2.75) is 33.2 Å². The normalized spacial score (nSPS) is 10.3. The molecule has 0 saturated carbocycles. The summed E-state index contributed by atoms with van der Waals surface area (Å²) in [5, 5.41) is 2.86. The van der Waals surface area contributed by atoms with E-state index in [0.29, 0.717) is 32.8 Å². The molecule has 112 valence electrons. The molecule has 0 aromatic heterocycles. The second-order valence-electron chi connectivity index (χ2n) is 4.31. The lowest BCUT2D eigenvalue weighted by atomic mass is 10.1. The van der Waals surface area contributed by atoms with Gasteiger partial charge in [0.2, 0.25) is 5.91 Å². The molecule has 0 aliphatic carbocycles. The highest BCUT2D eigenvalue weighted by molar-refractivity contribution is 5.90. The second kappa shape index (κ2) is 9.34. The zero-order valence-electron chi connectivity index (χ0n) is 12.3. The van der Waals surface area contributed by atoms with Crippen molar-refractivity contribution in [2.24, 2.45) is 5.73 Å². The number of amides is 1. The summed E-state index contributed by atoms with van der Waals surface area (Å²) in [6.07, 6.45) is 1.17. The number of ether oxygens (including phenoxy) is 2. The van der Waals surface area contributed by atoms with Crippen LogP contribution in [0, 0.1) is 0 Å². The van der Waals surface area contributed by atoms with E-state index in [1.165, 1.54) is 0 Å². The lowest BCUT2D eigenvalue weighted by Crippen LogP contribution is -2.13. The summed E-state index contributed by atoms with van der Waals surface area (Å²) in [7, 11) is 0. The molecule has 0 unspecified atom stereocenters. The van der Waals surface area contributed by atoms with E-state index < -0.39 is 0 Å². The molecule has 5 nitrogen and oxygen atoms in total. The number of hydrogen-bond donors (Lipinski definition) is 2. The molecule has 1 aromatic rings. The van der Waals surface area contributed by atoms with Crippen molar-refractivity contribution < 1.29 is 14.3 Å². The molecule has 0 radical (unpaired) electrons. The third-order valence-electron chi connectivity index (χ3n) is 2.76. The number of hydrogen-bond acceptors (Lipinski definition) is 4. The highest BCUT2D eigenvalue weighted by atomic mass is 16.5. The lowest BCUT2D eigenvalue weighted by Gasteiger charge is -2.11. The van der Waals surface area contributed by atoms with Gasteiger partial charge in [-0.1, -0.05) is 0 Å². The van der Waals surface area contributed by atoms with Gasteiger partial charge in [0.15, 0.2) is 0 Å². The first-order valence-corrected chi connectivity index (χ1v) is 7.04. The Morgan fingerprint density at radius 1 is 1.30 bits per heavy atom. The summed E-state index contributed by atoms with van der Waals surface area (Å²) < 4.78 is 10.7. The van der Waals surface area contributed by atoms with Gasteiger partial charge in [-0.05, 0) is 38.5 Å². The van der Waals surface area contributed by atoms with E-state index in [0.717, 1.165) is 23.4 Å². The summed E-state index contributed by atoms with van der Waals surface area (Å²) >= 11 is 0. The van der Waals surface area contributed by atoms with Crippen molar-refractivity contribution in [1.82, 2.24) is 0 Å². The third-order valence-corrected chi connectivity index (χ3v) is 2.76. The van der Waals surface area contributed by atoms with Gasteiger partial charge in [0.05, 0.1) is 6.61 Å². The molecule has 0 aliphatic rings. The monoisotopic (exact) mass is 280 g/mol. The van der Waals surface area contributed by atoms with Crippen LogP contribution in [-0.2, 0) is 16.1 Å². The minimum atomic E-state index is -0.0168. The van der Waals surface area contributed by atoms with Crippen LogP contribution >= 0.6 is 0 Å². The minimum absolute atomic E-state index is 0.0168. The highest BCUT2D eigenvalue weighted by Crippen LogP contribution is 2.22. The van der Waals surface area contributed by atoms with Crippen molar-refractivity contribution in [1.29, 1.82) is 0 Å². The van der Waals surface area contributed by atoms with E-state index in [-0.39, 0.29) is 5.91 Å². The molecule has 0 saturated heterocycles. The van der Waals surface area contributed by atoms with E-state index in [9.17, 15) is 4.79 Å². The summed E-state index contributed by atoms with van der Waals surface area (Å²) in [5.74, 6) is 0.751. The fraction of sp³-hybridized carbons (Fsp3) is 0.533. The predicted molar refractivity (Wildman–Crippen MR) is 79.9 cm³/mol. The summed E-state index contributed by atoms with van der Waals surface area (Å²) in [6, 6.07) is 5.51. The average molecular weight is 280 g/mol. The average Bonchev–Trinajstić information content (AvgIpc) is 2.45. The molecule has 0 aliphatic heterocycles. The fourth-order valence-corrected chi connectivity index (χ4v) is 1.82. The third kappa shape index (κ3) is 5.59. The molecule has 0 atom stereocenters. The van der Waals surface area contributed by atoms with Gasteiger partial charge in [-0.3, -0.25) is 4.79 Å². The highest BCUT2D eigenvalue weighted by Gasteiger charge is 2.06. The Morgan fingerprint density at radius 2 is 2.10 bits per heavy atom.